The number of piperidine rings is 1. The lowest BCUT2D eigenvalue weighted by atomic mass is 10.0. The topological polar surface area (TPSA) is 70.2 Å². The first kappa shape index (κ1) is 14.5. The lowest BCUT2D eigenvalue weighted by Gasteiger charge is -2.22. The van der Waals surface area contributed by atoms with Crippen molar-refractivity contribution in [1.82, 2.24) is 5.32 Å². The largest absolute Gasteiger partial charge is 0.326 e. The highest BCUT2D eigenvalue weighted by Crippen LogP contribution is 2.20. The number of carbonyl (C=O) groups excluding carboxylic acids is 2. The minimum Gasteiger partial charge on any atom is -0.326 e. The summed E-state index contributed by atoms with van der Waals surface area (Å²) in [6.45, 7) is 4.28. The van der Waals surface area contributed by atoms with E-state index in [1.165, 1.54) is 6.92 Å². The molecule has 2 amide bonds. The predicted molar refractivity (Wildman–Crippen MR) is 79.8 cm³/mol. The van der Waals surface area contributed by atoms with Gasteiger partial charge in [-0.3, -0.25) is 9.59 Å². The number of hydrogen-bond donors (Lipinski definition) is 3. The van der Waals surface area contributed by atoms with Crippen molar-refractivity contribution in [3.63, 3.8) is 0 Å². The van der Waals surface area contributed by atoms with Crippen molar-refractivity contribution in [2.24, 2.45) is 0 Å². The molecule has 2 rings (SSSR count). The average Bonchev–Trinajstić information content (AvgIpc) is 2.42. The van der Waals surface area contributed by atoms with Crippen LogP contribution in [0.1, 0.15) is 31.7 Å². The van der Waals surface area contributed by atoms with Crippen LogP contribution in [0.25, 0.3) is 0 Å². The fraction of sp³-hybridized carbons (Fsp3) is 0.467. The Balaban J connectivity index is 2.00. The number of benzene rings is 1. The monoisotopic (exact) mass is 275 g/mol. The van der Waals surface area contributed by atoms with Crippen molar-refractivity contribution in [2.75, 3.05) is 17.2 Å². The maximum absolute atomic E-state index is 12.1. The summed E-state index contributed by atoms with van der Waals surface area (Å²) in [7, 11) is 0. The van der Waals surface area contributed by atoms with Gasteiger partial charge in [0.25, 0.3) is 0 Å². The van der Waals surface area contributed by atoms with E-state index in [1.807, 2.05) is 13.0 Å². The van der Waals surface area contributed by atoms with Crippen LogP contribution < -0.4 is 16.0 Å². The van der Waals surface area contributed by atoms with E-state index in [0.717, 1.165) is 42.7 Å². The number of amides is 2. The van der Waals surface area contributed by atoms with Crippen molar-refractivity contribution in [3.8, 4) is 0 Å². The molecular formula is C15H21N3O2. The molecule has 1 aliphatic rings. The molecule has 1 fully saturated rings. The smallest absolute Gasteiger partial charge is 0.241 e. The summed E-state index contributed by atoms with van der Waals surface area (Å²) in [5.74, 6) is -0.0901. The van der Waals surface area contributed by atoms with Crippen LogP contribution in [-0.2, 0) is 9.59 Å². The summed E-state index contributed by atoms with van der Waals surface area (Å²) in [5.41, 5.74) is 2.45. The Morgan fingerprint density at radius 3 is 2.65 bits per heavy atom. The third kappa shape index (κ3) is 3.81. The van der Waals surface area contributed by atoms with Crippen LogP contribution in [-0.4, -0.2) is 24.4 Å². The van der Waals surface area contributed by atoms with Gasteiger partial charge in [0.05, 0.1) is 6.04 Å². The van der Waals surface area contributed by atoms with Gasteiger partial charge in [-0.15, -0.1) is 0 Å². The Labute approximate surface area is 119 Å². The molecule has 1 heterocycles. The lowest BCUT2D eigenvalue weighted by Crippen LogP contribution is -2.43. The van der Waals surface area contributed by atoms with Crippen LogP contribution in [0.4, 0.5) is 11.4 Å². The fourth-order valence-electron chi connectivity index (χ4n) is 2.38. The standard InChI is InChI=1S/C15H21N3O2/c1-10-9-12(6-7-13(10)17-11(2)19)18-15(20)14-5-3-4-8-16-14/h6-7,9,14,16H,3-5,8H2,1-2H3,(H,17,19)(H,18,20)/t14-/m1/s1. The quantitative estimate of drug-likeness (QED) is 0.790. The third-order valence-corrected chi connectivity index (χ3v) is 3.43. The van der Waals surface area contributed by atoms with Crippen molar-refractivity contribution in [2.45, 2.75) is 39.2 Å². The van der Waals surface area contributed by atoms with E-state index in [4.69, 9.17) is 0 Å². The van der Waals surface area contributed by atoms with Gasteiger partial charge >= 0.3 is 0 Å². The van der Waals surface area contributed by atoms with Gasteiger partial charge in [-0.25, -0.2) is 0 Å². The highest BCUT2D eigenvalue weighted by molar-refractivity contribution is 5.95. The number of carbonyl (C=O) groups is 2. The molecule has 1 atom stereocenters. The van der Waals surface area contributed by atoms with E-state index in [0.29, 0.717) is 0 Å². The number of nitrogens with one attached hydrogen (secondary N) is 3. The van der Waals surface area contributed by atoms with E-state index < -0.39 is 0 Å². The molecule has 1 saturated heterocycles. The maximum atomic E-state index is 12.1. The van der Waals surface area contributed by atoms with E-state index in [2.05, 4.69) is 16.0 Å². The molecule has 0 aromatic heterocycles. The lowest BCUT2D eigenvalue weighted by molar-refractivity contribution is -0.118. The second-order valence-electron chi connectivity index (χ2n) is 5.20. The summed E-state index contributed by atoms with van der Waals surface area (Å²) in [5, 5.41) is 8.89. The van der Waals surface area contributed by atoms with Crippen LogP contribution in [0.2, 0.25) is 0 Å². The zero-order chi connectivity index (χ0) is 14.5. The van der Waals surface area contributed by atoms with Gasteiger partial charge in [0.1, 0.15) is 0 Å². The first-order chi connectivity index (χ1) is 9.56. The molecule has 3 N–H and O–H groups in total. The van der Waals surface area contributed by atoms with Gasteiger partial charge in [-0.05, 0) is 50.1 Å². The van der Waals surface area contributed by atoms with Crippen LogP contribution >= 0.6 is 0 Å². The highest BCUT2D eigenvalue weighted by Gasteiger charge is 2.20. The molecule has 5 nitrogen and oxygen atoms in total. The zero-order valence-electron chi connectivity index (χ0n) is 12.0. The van der Waals surface area contributed by atoms with Crippen molar-refractivity contribution < 1.29 is 9.59 Å². The van der Waals surface area contributed by atoms with Crippen LogP contribution in [0, 0.1) is 6.92 Å². The van der Waals surface area contributed by atoms with Gasteiger partial charge in [0.15, 0.2) is 0 Å². The molecule has 0 bridgehead atoms. The molecule has 0 aliphatic carbocycles. The van der Waals surface area contributed by atoms with E-state index in [9.17, 15) is 9.59 Å². The maximum Gasteiger partial charge on any atom is 0.241 e. The first-order valence-corrected chi connectivity index (χ1v) is 6.99. The Morgan fingerprint density at radius 2 is 2.05 bits per heavy atom. The first-order valence-electron chi connectivity index (χ1n) is 6.99. The molecule has 5 heteroatoms. The van der Waals surface area contributed by atoms with Gasteiger partial charge < -0.3 is 16.0 Å². The Bertz CT molecular complexity index is 508. The zero-order valence-corrected chi connectivity index (χ0v) is 12.0. The SMILES string of the molecule is CC(=O)Nc1ccc(NC(=O)[C@H]2CCCCN2)cc1C. The minimum absolute atomic E-state index is 0.0105. The number of aryl methyl sites for hydroxylation is 1. The van der Waals surface area contributed by atoms with Crippen LogP contribution in [0.3, 0.4) is 0 Å². The Morgan fingerprint density at radius 1 is 1.25 bits per heavy atom. The molecule has 0 unspecified atom stereocenters. The molecule has 1 aromatic carbocycles. The molecule has 20 heavy (non-hydrogen) atoms. The molecule has 0 spiro atoms. The molecule has 1 aromatic rings. The summed E-state index contributed by atoms with van der Waals surface area (Å²) >= 11 is 0. The third-order valence-electron chi connectivity index (χ3n) is 3.43. The van der Waals surface area contributed by atoms with Gasteiger partial charge in [-0.1, -0.05) is 6.42 Å². The number of rotatable bonds is 3. The average molecular weight is 275 g/mol. The Kier molecular flexibility index (Phi) is 4.74. The summed E-state index contributed by atoms with van der Waals surface area (Å²) < 4.78 is 0. The molecule has 108 valence electrons. The number of anilines is 2. The van der Waals surface area contributed by atoms with E-state index in [-0.39, 0.29) is 17.9 Å². The van der Waals surface area contributed by atoms with Crippen molar-refractivity contribution >= 4 is 23.2 Å². The minimum atomic E-state index is -0.101. The van der Waals surface area contributed by atoms with Gasteiger partial charge in [-0.2, -0.15) is 0 Å². The van der Waals surface area contributed by atoms with Crippen LogP contribution in [0.5, 0.6) is 0 Å². The number of hydrogen-bond acceptors (Lipinski definition) is 3. The summed E-state index contributed by atoms with van der Waals surface area (Å²) in [6, 6.07) is 5.38. The van der Waals surface area contributed by atoms with Gasteiger partial charge in [0.2, 0.25) is 11.8 Å². The molecule has 0 saturated carbocycles. The fourth-order valence-corrected chi connectivity index (χ4v) is 2.38. The second-order valence-corrected chi connectivity index (χ2v) is 5.20. The van der Waals surface area contributed by atoms with Crippen LogP contribution in [0.15, 0.2) is 18.2 Å². The molecule has 1 aliphatic heterocycles. The highest BCUT2D eigenvalue weighted by atomic mass is 16.2. The predicted octanol–water partition coefficient (Wildman–Crippen LogP) is 2.03. The molecule has 0 radical (unpaired) electrons. The van der Waals surface area contributed by atoms with Crippen molar-refractivity contribution in [1.29, 1.82) is 0 Å². The molecular weight excluding hydrogens is 254 g/mol. The van der Waals surface area contributed by atoms with E-state index in [1.54, 1.807) is 12.1 Å². The normalized spacial score (nSPS) is 18.4. The van der Waals surface area contributed by atoms with E-state index >= 15 is 0 Å². The summed E-state index contributed by atoms with van der Waals surface area (Å²) in [6.07, 6.45) is 3.11. The Hall–Kier alpha value is -1.88. The second kappa shape index (κ2) is 6.52. The van der Waals surface area contributed by atoms with Crippen molar-refractivity contribution in [3.05, 3.63) is 23.8 Å². The summed E-state index contributed by atoms with van der Waals surface area (Å²) in [4.78, 5) is 23.1. The van der Waals surface area contributed by atoms with Gasteiger partial charge in [0, 0.05) is 18.3 Å².